The summed E-state index contributed by atoms with van der Waals surface area (Å²) in [6, 6.07) is 5.83. The average molecular weight is 345 g/mol. The van der Waals surface area contributed by atoms with E-state index >= 15 is 0 Å². The van der Waals surface area contributed by atoms with Crippen molar-refractivity contribution in [2.75, 3.05) is 5.32 Å². The van der Waals surface area contributed by atoms with Gasteiger partial charge >= 0.3 is 6.03 Å². The van der Waals surface area contributed by atoms with Crippen LogP contribution >= 0.6 is 46.4 Å². The molecule has 1 atom stereocenters. The van der Waals surface area contributed by atoms with Crippen molar-refractivity contribution in [2.45, 2.75) is 9.96 Å². The Labute approximate surface area is 129 Å². The Morgan fingerprint density at radius 3 is 2.53 bits per heavy atom. The fourth-order valence-electron chi connectivity index (χ4n) is 1.15. The lowest BCUT2D eigenvalue weighted by Crippen LogP contribution is -2.54. The van der Waals surface area contributed by atoms with E-state index < -0.39 is 16.0 Å². The Morgan fingerprint density at radius 1 is 1.32 bits per heavy atom. The normalized spacial score (nSPS) is 12.4. The third kappa shape index (κ3) is 5.74. The number of nitrogens with one attached hydrogen (secondary N) is 3. The van der Waals surface area contributed by atoms with Crippen molar-refractivity contribution in [1.29, 1.82) is 0 Å². The lowest BCUT2D eigenvalue weighted by molar-refractivity contribution is -0.110. The summed E-state index contributed by atoms with van der Waals surface area (Å²) in [6.45, 7) is 0. The topological polar surface area (TPSA) is 70.2 Å². The van der Waals surface area contributed by atoms with E-state index in [0.717, 1.165) is 0 Å². The third-order valence-electron chi connectivity index (χ3n) is 1.92. The van der Waals surface area contributed by atoms with E-state index in [-0.39, 0.29) is 0 Å². The number of benzene rings is 1. The summed E-state index contributed by atoms with van der Waals surface area (Å²) in [5.74, 6) is 0. The molecule has 1 aromatic rings. The Kier molecular flexibility index (Phi) is 6.00. The van der Waals surface area contributed by atoms with Crippen LogP contribution in [0.1, 0.15) is 0 Å². The summed E-state index contributed by atoms with van der Waals surface area (Å²) in [4.78, 5) is 22.0. The molecule has 0 aliphatic heterocycles. The summed E-state index contributed by atoms with van der Waals surface area (Å²) < 4.78 is -1.88. The van der Waals surface area contributed by atoms with Gasteiger partial charge in [-0.25, -0.2) is 4.79 Å². The molecule has 1 aromatic carbocycles. The fourth-order valence-corrected chi connectivity index (χ4v) is 1.69. The maximum Gasteiger partial charge on any atom is 0.320 e. The zero-order chi connectivity index (χ0) is 14.5. The molecule has 3 N–H and O–H groups in total. The van der Waals surface area contributed by atoms with Crippen LogP contribution in [0.2, 0.25) is 5.02 Å². The van der Waals surface area contributed by atoms with Crippen LogP contribution in [0.25, 0.3) is 0 Å². The number of rotatable bonds is 4. The number of anilines is 1. The van der Waals surface area contributed by atoms with Gasteiger partial charge in [0.25, 0.3) is 0 Å². The summed E-state index contributed by atoms with van der Waals surface area (Å²) in [5.41, 5.74) is 0.458. The van der Waals surface area contributed by atoms with Gasteiger partial charge in [0.1, 0.15) is 0 Å². The van der Waals surface area contributed by atoms with E-state index in [1.807, 2.05) is 0 Å². The Hall–Kier alpha value is -0.880. The quantitative estimate of drug-likeness (QED) is 0.446. The predicted octanol–water partition coefficient (Wildman–Crippen LogP) is 2.90. The number of halogens is 4. The lowest BCUT2D eigenvalue weighted by Gasteiger charge is -2.24. The highest BCUT2D eigenvalue weighted by molar-refractivity contribution is 6.68. The number of carbonyl (C=O) groups is 2. The van der Waals surface area contributed by atoms with Crippen molar-refractivity contribution >= 4 is 64.5 Å². The molecule has 1 unspecified atom stereocenters. The van der Waals surface area contributed by atoms with Crippen molar-refractivity contribution in [3.8, 4) is 0 Å². The number of carbonyl (C=O) groups excluding carboxylic acids is 2. The van der Waals surface area contributed by atoms with Gasteiger partial charge in [-0.2, -0.15) is 0 Å². The first-order chi connectivity index (χ1) is 8.82. The van der Waals surface area contributed by atoms with Crippen LogP contribution in [-0.2, 0) is 4.79 Å². The van der Waals surface area contributed by atoms with Crippen molar-refractivity contribution < 1.29 is 9.59 Å². The zero-order valence-electron chi connectivity index (χ0n) is 9.29. The van der Waals surface area contributed by atoms with Gasteiger partial charge in [0.2, 0.25) is 10.2 Å². The van der Waals surface area contributed by atoms with Crippen LogP contribution in [0.3, 0.4) is 0 Å². The van der Waals surface area contributed by atoms with E-state index in [2.05, 4.69) is 16.0 Å². The minimum absolute atomic E-state index is 0.312. The molecule has 104 valence electrons. The Bertz CT molecular complexity index is 464. The van der Waals surface area contributed by atoms with E-state index in [4.69, 9.17) is 46.4 Å². The molecule has 0 aliphatic carbocycles. The molecule has 0 aromatic heterocycles. The molecule has 0 spiro atoms. The van der Waals surface area contributed by atoms with E-state index in [9.17, 15) is 9.59 Å². The largest absolute Gasteiger partial charge is 0.335 e. The highest BCUT2D eigenvalue weighted by Crippen LogP contribution is 2.28. The lowest BCUT2D eigenvalue weighted by atomic mass is 10.3. The van der Waals surface area contributed by atoms with Gasteiger partial charge in [-0.15, -0.1) is 0 Å². The average Bonchev–Trinajstić information content (AvgIpc) is 2.27. The van der Waals surface area contributed by atoms with Gasteiger partial charge in [0, 0.05) is 10.7 Å². The molecule has 5 nitrogen and oxygen atoms in total. The van der Waals surface area contributed by atoms with Crippen LogP contribution in [0.4, 0.5) is 10.5 Å². The Morgan fingerprint density at radius 2 is 2.00 bits per heavy atom. The van der Waals surface area contributed by atoms with Gasteiger partial charge in [0.05, 0.1) is 0 Å². The summed E-state index contributed by atoms with van der Waals surface area (Å²) in [7, 11) is 0. The summed E-state index contributed by atoms with van der Waals surface area (Å²) >= 11 is 22.6. The van der Waals surface area contributed by atoms with Crippen molar-refractivity contribution in [3.05, 3.63) is 29.3 Å². The van der Waals surface area contributed by atoms with E-state index in [1.54, 1.807) is 24.3 Å². The molecule has 0 bridgehead atoms. The smallest absolute Gasteiger partial charge is 0.320 e. The Balaban J connectivity index is 2.65. The number of alkyl halides is 3. The molecule has 1 rings (SSSR count). The van der Waals surface area contributed by atoms with E-state index in [1.165, 1.54) is 0 Å². The molecule has 0 aliphatic rings. The van der Waals surface area contributed by atoms with Crippen LogP contribution in [-0.4, -0.2) is 22.4 Å². The second kappa shape index (κ2) is 7.05. The molecular formula is C10H9Cl4N3O2. The highest BCUT2D eigenvalue weighted by atomic mass is 35.6. The molecular weight excluding hydrogens is 336 g/mol. The minimum atomic E-state index is -1.88. The highest BCUT2D eigenvalue weighted by Gasteiger charge is 2.33. The number of amides is 3. The SMILES string of the molecule is O=CNC(NC(=O)Nc1cccc(Cl)c1)C(Cl)(Cl)Cl. The van der Waals surface area contributed by atoms with Gasteiger partial charge < -0.3 is 16.0 Å². The maximum absolute atomic E-state index is 11.7. The van der Waals surface area contributed by atoms with Crippen LogP contribution in [0, 0.1) is 0 Å². The van der Waals surface area contributed by atoms with Gasteiger partial charge in [0.15, 0.2) is 6.17 Å². The van der Waals surface area contributed by atoms with E-state index in [0.29, 0.717) is 17.1 Å². The van der Waals surface area contributed by atoms with Crippen molar-refractivity contribution in [1.82, 2.24) is 10.6 Å². The third-order valence-corrected chi connectivity index (χ3v) is 2.81. The molecule has 0 heterocycles. The second-order valence-corrected chi connectivity index (χ2v) is 6.17. The van der Waals surface area contributed by atoms with Crippen LogP contribution in [0.15, 0.2) is 24.3 Å². The second-order valence-electron chi connectivity index (χ2n) is 3.37. The minimum Gasteiger partial charge on any atom is -0.335 e. The van der Waals surface area contributed by atoms with Crippen LogP contribution in [0.5, 0.6) is 0 Å². The fraction of sp³-hybridized carbons (Fsp3) is 0.200. The summed E-state index contributed by atoms with van der Waals surface area (Å²) in [5, 5.41) is 7.41. The summed E-state index contributed by atoms with van der Waals surface area (Å²) in [6.07, 6.45) is -0.860. The first kappa shape index (κ1) is 16.2. The molecule has 0 saturated carbocycles. The molecule has 9 heteroatoms. The van der Waals surface area contributed by atoms with Crippen molar-refractivity contribution in [3.63, 3.8) is 0 Å². The standard InChI is InChI=1S/C10H9Cl4N3O2/c11-6-2-1-3-7(4-6)16-9(19)17-8(15-5-18)10(12,13)14/h1-5,8H,(H,15,18)(H2,16,17,19). The van der Waals surface area contributed by atoms with Gasteiger partial charge in [-0.1, -0.05) is 52.5 Å². The molecule has 0 fully saturated rings. The zero-order valence-corrected chi connectivity index (χ0v) is 12.3. The maximum atomic E-state index is 11.7. The molecule has 0 saturated heterocycles. The van der Waals surface area contributed by atoms with Crippen molar-refractivity contribution in [2.24, 2.45) is 0 Å². The number of hydrogen-bond acceptors (Lipinski definition) is 2. The van der Waals surface area contributed by atoms with Gasteiger partial charge in [-0.3, -0.25) is 4.79 Å². The first-order valence-electron chi connectivity index (χ1n) is 4.92. The van der Waals surface area contributed by atoms with Gasteiger partial charge in [-0.05, 0) is 18.2 Å². The monoisotopic (exact) mass is 343 g/mol. The molecule has 3 amide bonds. The molecule has 19 heavy (non-hydrogen) atoms. The first-order valence-corrected chi connectivity index (χ1v) is 6.43. The molecule has 0 radical (unpaired) electrons. The number of urea groups is 1. The number of hydrogen-bond donors (Lipinski definition) is 3. The predicted molar refractivity (Wildman–Crippen MR) is 76.9 cm³/mol. The van der Waals surface area contributed by atoms with Crippen LogP contribution < -0.4 is 16.0 Å².